The van der Waals surface area contributed by atoms with Gasteiger partial charge >= 0.3 is 5.97 Å². The third-order valence-corrected chi connectivity index (χ3v) is 9.46. The van der Waals surface area contributed by atoms with Crippen LogP contribution < -0.4 is 10.3 Å². The number of benzene rings is 1. The molecule has 4 rings (SSSR count). The number of aromatic nitrogens is 3. The van der Waals surface area contributed by atoms with E-state index in [-0.39, 0.29) is 22.2 Å². The Hall–Kier alpha value is -3.22. The molecule has 1 aromatic carbocycles. The summed E-state index contributed by atoms with van der Waals surface area (Å²) in [5.41, 5.74) is 2.21. The second-order valence-corrected chi connectivity index (χ2v) is 12.6. The average Bonchev–Trinajstić information content (AvgIpc) is 3.29. The van der Waals surface area contributed by atoms with Crippen LogP contribution >= 0.6 is 0 Å². The minimum absolute atomic E-state index is 0.111. The number of piperazine rings is 1. The van der Waals surface area contributed by atoms with Crippen molar-refractivity contribution in [3.05, 3.63) is 40.3 Å². The topological polar surface area (TPSA) is 127 Å². The first-order valence-corrected chi connectivity index (χ1v) is 16.4. The van der Waals surface area contributed by atoms with E-state index in [2.05, 4.69) is 28.7 Å². The molecule has 1 N–H and O–H groups in total. The van der Waals surface area contributed by atoms with Crippen molar-refractivity contribution < 1.29 is 22.7 Å². The van der Waals surface area contributed by atoms with E-state index < -0.39 is 10.0 Å². The Morgan fingerprint density at radius 3 is 2.52 bits per heavy atom. The second kappa shape index (κ2) is 14.3. The van der Waals surface area contributed by atoms with Crippen molar-refractivity contribution in [3.63, 3.8) is 0 Å². The van der Waals surface area contributed by atoms with Crippen molar-refractivity contribution in [3.8, 4) is 17.1 Å². The Kier molecular flexibility index (Phi) is 10.8. The highest BCUT2D eigenvalue weighted by atomic mass is 32.2. The normalized spacial score (nSPS) is 14.9. The van der Waals surface area contributed by atoms with Crippen molar-refractivity contribution in [1.29, 1.82) is 0 Å². The number of carbonyl (C=O) groups excluding carboxylic acids is 1. The van der Waals surface area contributed by atoms with Crippen molar-refractivity contribution in [2.24, 2.45) is 7.05 Å². The number of esters is 1. The van der Waals surface area contributed by atoms with Gasteiger partial charge in [0, 0.05) is 52.4 Å². The number of rotatable bonds is 14. The Morgan fingerprint density at radius 2 is 1.83 bits per heavy atom. The molecule has 42 heavy (non-hydrogen) atoms. The zero-order valence-electron chi connectivity index (χ0n) is 25.1. The van der Waals surface area contributed by atoms with Gasteiger partial charge in [0.25, 0.3) is 5.56 Å². The number of hydrogen-bond donors (Lipinski definition) is 1. The number of ether oxygens (including phenoxy) is 2. The van der Waals surface area contributed by atoms with E-state index in [0.717, 1.165) is 37.7 Å². The number of unbranched alkanes of at least 4 members (excludes halogenated alkanes) is 2. The van der Waals surface area contributed by atoms with Gasteiger partial charge in [0.05, 0.1) is 22.6 Å². The van der Waals surface area contributed by atoms with Crippen LogP contribution in [0.2, 0.25) is 0 Å². The van der Waals surface area contributed by atoms with Gasteiger partial charge < -0.3 is 19.0 Å². The third kappa shape index (κ3) is 7.22. The molecule has 0 bridgehead atoms. The quantitative estimate of drug-likeness (QED) is 0.219. The molecule has 1 aliphatic heterocycles. The maximum atomic E-state index is 13.7. The zero-order chi connectivity index (χ0) is 30.3. The van der Waals surface area contributed by atoms with Gasteiger partial charge in [0.15, 0.2) is 0 Å². The fourth-order valence-electron chi connectivity index (χ4n) is 5.33. The lowest BCUT2D eigenvalue weighted by Gasteiger charge is -2.33. The minimum atomic E-state index is -3.82. The summed E-state index contributed by atoms with van der Waals surface area (Å²) in [5.74, 6) is 0.534. The van der Waals surface area contributed by atoms with Crippen LogP contribution in [0.1, 0.15) is 58.4 Å². The van der Waals surface area contributed by atoms with E-state index >= 15 is 0 Å². The minimum Gasteiger partial charge on any atom is -0.493 e. The zero-order valence-corrected chi connectivity index (χ0v) is 26.0. The van der Waals surface area contributed by atoms with Crippen LogP contribution in [-0.4, -0.2) is 84.1 Å². The van der Waals surface area contributed by atoms with Gasteiger partial charge in [-0.3, -0.25) is 14.5 Å². The molecular weight excluding hydrogens is 558 g/mol. The van der Waals surface area contributed by atoms with Gasteiger partial charge in [-0.2, -0.15) is 9.29 Å². The van der Waals surface area contributed by atoms with Crippen LogP contribution in [0, 0.1) is 0 Å². The van der Waals surface area contributed by atoms with Crippen LogP contribution in [0.4, 0.5) is 0 Å². The van der Waals surface area contributed by atoms with E-state index in [1.807, 2.05) is 20.2 Å². The molecule has 0 radical (unpaired) electrons. The molecule has 0 amide bonds. The average molecular weight is 602 g/mol. The highest BCUT2D eigenvalue weighted by Crippen LogP contribution is 2.32. The lowest BCUT2D eigenvalue weighted by atomic mass is 10.1. The summed E-state index contributed by atoms with van der Waals surface area (Å²) in [4.78, 5) is 34.7. The predicted molar refractivity (Wildman–Crippen MR) is 162 cm³/mol. The number of aryl methyl sites for hydroxylation is 2. The summed E-state index contributed by atoms with van der Waals surface area (Å²) in [6, 6.07) is 4.70. The van der Waals surface area contributed by atoms with Crippen molar-refractivity contribution in [1.82, 2.24) is 23.7 Å². The largest absolute Gasteiger partial charge is 0.493 e. The third-order valence-electron chi connectivity index (χ3n) is 7.57. The summed E-state index contributed by atoms with van der Waals surface area (Å²) < 4.78 is 41.8. The number of fused-ring (bicyclic) bond motifs is 1. The van der Waals surface area contributed by atoms with E-state index in [1.165, 1.54) is 16.4 Å². The molecule has 0 spiro atoms. The molecule has 0 atom stereocenters. The molecule has 11 nitrogen and oxygen atoms in total. The number of nitrogens with one attached hydrogen (secondary N) is 1. The maximum absolute atomic E-state index is 13.7. The first-order valence-electron chi connectivity index (χ1n) is 14.9. The Labute approximate surface area is 247 Å². The van der Waals surface area contributed by atoms with Crippen molar-refractivity contribution in [2.75, 3.05) is 45.9 Å². The Morgan fingerprint density at radius 1 is 1.07 bits per heavy atom. The summed E-state index contributed by atoms with van der Waals surface area (Å²) in [6.07, 6.45) is 6.97. The molecule has 0 unspecified atom stereocenters. The molecule has 1 saturated heterocycles. The van der Waals surface area contributed by atoms with Gasteiger partial charge in [0.2, 0.25) is 10.0 Å². The Bertz CT molecular complexity index is 1540. The van der Waals surface area contributed by atoms with Gasteiger partial charge in [-0.15, -0.1) is 0 Å². The summed E-state index contributed by atoms with van der Waals surface area (Å²) in [5, 5.41) is 0. The molecule has 230 valence electrons. The first kappa shape index (κ1) is 31.7. The fraction of sp³-hybridized carbons (Fsp3) is 0.567. The number of nitrogens with zero attached hydrogens (tertiary/aromatic N) is 4. The lowest BCUT2D eigenvalue weighted by molar-refractivity contribution is -0.144. The van der Waals surface area contributed by atoms with Crippen LogP contribution in [0.5, 0.6) is 5.75 Å². The molecule has 3 aromatic rings. The van der Waals surface area contributed by atoms with Crippen LogP contribution in [0.25, 0.3) is 22.4 Å². The van der Waals surface area contributed by atoms with Gasteiger partial charge in [0.1, 0.15) is 23.7 Å². The molecule has 3 heterocycles. The van der Waals surface area contributed by atoms with Crippen LogP contribution in [0.3, 0.4) is 0 Å². The lowest BCUT2D eigenvalue weighted by Crippen LogP contribution is -2.49. The highest BCUT2D eigenvalue weighted by Gasteiger charge is 2.30. The highest BCUT2D eigenvalue weighted by molar-refractivity contribution is 7.89. The molecular formula is C30H43N5O6S. The van der Waals surface area contributed by atoms with Crippen molar-refractivity contribution in [2.45, 2.75) is 64.2 Å². The summed E-state index contributed by atoms with van der Waals surface area (Å²) in [6.45, 7) is 8.97. The molecule has 0 aliphatic carbocycles. The molecule has 1 fully saturated rings. The van der Waals surface area contributed by atoms with Gasteiger partial charge in [-0.25, -0.2) is 8.42 Å². The second-order valence-electron chi connectivity index (χ2n) is 10.6. The number of hydrogen-bond acceptors (Lipinski definition) is 8. The summed E-state index contributed by atoms with van der Waals surface area (Å²) in [7, 11) is -2.00. The van der Waals surface area contributed by atoms with Gasteiger partial charge in [-0.05, 0) is 43.5 Å². The fourth-order valence-corrected chi connectivity index (χ4v) is 6.78. The van der Waals surface area contributed by atoms with E-state index in [1.54, 1.807) is 10.6 Å². The smallest absolute Gasteiger partial charge is 0.305 e. The first-order chi connectivity index (χ1) is 20.2. The molecule has 12 heteroatoms. The molecule has 2 aromatic heterocycles. The monoisotopic (exact) mass is 601 g/mol. The molecule has 1 aliphatic rings. The number of carbonyl (C=O) groups is 1. The number of aromatic amines is 1. The van der Waals surface area contributed by atoms with E-state index in [9.17, 15) is 18.0 Å². The SMILES string of the molecule is CCCCCC(=O)OCCN1CCN(S(=O)(=O)c2ccc(OCC)c(-c3nc(=O)c4c([nH]3)c(CCC)cn4C)c2)CC1. The van der Waals surface area contributed by atoms with E-state index in [0.29, 0.717) is 74.7 Å². The standard InChI is InChI=1S/C30H43N5O6S/c1-5-8-9-11-26(36)41-19-18-34-14-16-35(17-15-34)42(38,39)23-12-13-25(40-7-3)24(20-23)29-31-27-22(10-6-2)21-33(4)28(27)30(37)32-29/h12-13,20-21H,5-11,14-19H2,1-4H3,(H,31,32,37). The summed E-state index contributed by atoms with van der Waals surface area (Å²) >= 11 is 0. The maximum Gasteiger partial charge on any atom is 0.305 e. The Balaban J connectivity index is 1.51. The predicted octanol–water partition coefficient (Wildman–Crippen LogP) is 3.71. The van der Waals surface area contributed by atoms with Gasteiger partial charge in [-0.1, -0.05) is 33.1 Å². The van der Waals surface area contributed by atoms with Crippen LogP contribution in [0.15, 0.2) is 34.1 Å². The van der Waals surface area contributed by atoms with Crippen LogP contribution in [-0.2, 0) is 33.0 Å². The molecule has 0 saturated carbocycles. The number of H-pyrrole nitrogens is 1. The van der Waals surface area contributed by atoms with E-state index in [4.69, 9.17) is 9.47 Å². The number of sulfonamides is 1. The van der Waals surface area contributed by atoms with Crippen molar-refractivity contribution >= 4 is 27.0 Å².